The first-order valence-corrected chi connectivity index (χ1v) is 5.63. The van der Waals surface area contributed by atoms with E-state index in [1.54, 1.807) is 0 Å². The SMILES string of the molecule is Cc1cc(OC2(C)CCNC2)ccc1Cl. The molecule has 0 aromatic heterocycles. The van der Waals surface area contributed by atoms with Crippen LogP contribution in [0.2, 0.25) is 5.02 Å². The molecule has 82 valence electrons. The van der Waals surface area contributed by atoms with Gasteiger partial charge in [0, 0.05) is 18.0 Å². The maximum Gasteiger partial charge on any atom is 0.120 e. The van der Waals surface area contributed by atoms with E-state index in [0.29, 0.717) is 0 Å². The predicted molar refractivity (Wildman–Crippen MR) is 62.7 cm³/mol. The van der Waals surface area contributed by atoms with E-state index in [1.807, 2.05) is 25.1 Å². The molecule has 0 amide bonds. The number of benzene rings is 1. The van der Waals surface area contributed by atoms with Gasteiger partial charge in [-0.1, -0.05) is 11.6 Å². The Balaban J connectivity index is 2.13. The Labute approximate surface area is 95.6 Å². The Morgan fingerprint density at radius 1 is 1.47 bits per heavy atom. The van der Waals surface area contributed by atoms with Crippen molar-refractivity contribution in [2.24, 2.45) is 0 Å². The van der Waals surface area contributed by atoms with E-state index in [2.05, 4.69) is 12.2 Å². The number of rotatable bonds is 2. The second-order valence-electron chi connectivity index (χ2n) is 4.39. The summed E-state index contributed by atoms with van der Waals surface area (Å²) in [6.45, 7) is 6.07. The summed E-state index contributed by atoms with van der Waals surface area (Å²) in [6.07, 6.45) is 1.05. The van der Waals surface area contributed by atoms with Gasteiger partial charge in [0.2, 0.25) is 0 Å². The molecule has 3 heteroatoms. The molecule has 2 nitrogen and oxygen atoms in total. The van der Waals surface area contributed by atoms with Crippen molar-refractivity contribution in [1.82, 2.24) is 5.32 Å². The van der Waals surface area contributed by atoms with E-state index in [4.69, 9.17) is 16.3 Å². The number of halogens is 1. The van der Waals surface area contributed by atoms with Crippen LogP contribution in [0.15, 0.2) is 18.2 Å². The molecule has 1 N–H and O–H groups in total. The molecule has 1 fully saturated rings. The van der Waals surface area contributed by atoms with Crippen LogP contribution in [0.3, 0.4) is 0 Å². The normalized spacial score (nSPS) is 25.5. The Hall–Kier alpha value is -0.730. The van der Waals surface area contributed by atoms with Gasteiger partial charge in [0.25, 0.3) is 0 Å². The van der Waals surface area contributed by atoms with E-state index in [0.717, 1.165) is 35.8 Å². The Morgan fingerprint density at radius 3 is 2.87 bits per heavy atom. The minimum absolute atomic E-state index is 0.0692. The van der Waals surface area contributed by atoms with Gasteiger partial charge in [0.1, 0.15) is 11.4 Å². The third-order valence-corrected chi connectivity index (χ3v) is 3.25. The molecular weight excluding hydrogens is 210 g/mol. The highest BCUT2D eigenvalue weighted by Crippen LogP contribution is 2.26. The quantitative estimate of drug-likeness (QED) is 0.836. The maximum absolute atomic E-state index is 5.98. The van der Waals surface area contributed by atoms with E-state index < -0.39 is 0 Å². The number of hydrogen-bond donors (Lipinski definition) is 1. The first-order chi connectivity index (χ1) is 7.09. The highest BCUT2D eigenvalue weighted by atomic mass is 35.5. The second kappa shape index (κ2) is 4.03. The fraction of sp³-hybridized carbons (Fsp3) is 0.500. The molecule has 15 heavy (non-hydrogen) atoms. The van der Waals surface area contributed by atoms with Crippen molar-refractivity contribution in [2.45, 2.75) is 25.9 Å². The monoisotopic (exact) mass is 225 g/mol. The molecule has 1 aromatic carbocycles. The van der Waals surface area contributed by atoms with Crippen LogP contribution in [0.25, 0.3) is 0 Å². The van der Waals surface area contributed by atoms with Crippen molar-refractivity contribution >= 4 is 11.6 Å². The van der Waals surface area contributed by atoms with Crippen LogP contribution in [0.4, 0.5) is 0 Å². The van der Waals surface area contributed by atoms with Crippen LogP contribution in [0.5, 0.6) is 5.75 Å². The zero-order valence-corrected chi connectivity index (χ0v) is 9.90. The van der Waals surface area contributed by atoms with E-state index in [1.165, 1.54) is 0 Å². The molecule has 0 saturated carbocycles. The van der Waals surface area contributed by atoms with Gasteiger partial charge >= 0.3 is 0 Å². The van der Waals surface area contributed by atoms with Gasteiger partial charge in [-0.05, 0) is 44.2 Å². The van der Waals surface area contributed by atoms with Gasteiger partial charge in [-0.3, -0.25) is 0 Å². The van der Waals surface area contributed by atoms with Gasteiger partial charge in [-0.2, -0.15) is 0 Å². The first kappa shape index (κ1) is 10.8. The number of nitrogens with one attached hydrogen (secondary N) is 1. The fourth-order valence-electron chi connectivity index (χ4n) is 1.85. The second-order valence-corrected chi connectivity index (χ2v) is 4.80. The lowest BCUT2D eigenvalue weighted by molar-refractivity contribution is 0.111. The van der Waals surface area contributed by atoms with Crippen molar-refractivity contribution in [1.29, 1.82) is 0 Å². The van der Waals surface area contributed by atoms with Gasteiger partial charge < -0.3 is 10.1 Å². The molecule has 0 aliphatic carbocycles. The Kier molecular flexibility index (Phi) is 2.89. The summed E-state index contributed by atoms with van der Waals surface area (Å²) in [6, 6.07) is 5.81. The van der Waals surface area contributed by atoms with Crippen LogP contribution in [0, 0.1) is 6.92 Å². The summed E-state index contributed by atoms with van der Waals surface area (Å²) in [7, 11) is 0. The fourth-order valence-corrected chi connectivity index (χ4v) is 1.96. The van der Waals surface area contributed by atoms with Gasteiger partial charge in [-0.25, -0.2) is 0 Å². The Bertz CT molecular complexity index is 359. The van der Waals surface area contributed by atoms with Crippen LogP contribution in [-0.2, 0) is 0 Å². The van der Waals surface area contributed by atoms with Crippen molar-refractivity contribution in [3.05, 3.63) is 28.8 Å². The molecule has 0 radical (unpaired) electrons. The van der Waals surface area contributed by atoms with E-state index >= 15 is 0 Å². The molecule has 0 bridgehead atoms. The Morgan fingerprint density at radius 2 is 2.27 bits per heavy atom. The van der Waals surface area contributed by atoms with E-state index in [-0.39, 0.29) is 5.60 Å². The van der Waals surface area contributed by atoms with Crippen molar-refractivity contribution < 1.29 is 4.74 Å². The summed E-state index contributed by atoms with van der Waals surface area (Å²) in [5.74, 6) is 0.906. The first-order valence-electron chi connectivity index (χ1n) is 5.25. The highest BCUT2D eigenvalue weighted by molar-refractivity contribution is 6.31. The smallest absolute Gasteiger partial charge is 0.120 e. The highest BCUT2D eigenvalue weighted by Gasteiger charge is 2.30. The molecule has 1 atom stereocenters. The van der Waals surface area contributed by atoms with Gasteiger partial charge in [0.15, 0.2) is 0 Å². The number of hydrogen-bond acceptors (Lipinski definition) is 2. The summed E-state index contributed by atoms with van der Waals surface area (Å²) < 4.78 is 5.98. The minimum atomic E-state index is -0.0692. The van der Waals surface area contributed by atoms with Crippen LogP contribution < -0.4 is 10.1 Å². The van der Waals surface area contributed by atoms with Crippen LogP contribution in [0.1, 0.15) is 18.9 Å². The molecule has 1 aliphatic rings. The standard InChI is InChI=1S/C12H16ClNO/c1-9-7-10(3-4-11(9)13)15-12(2)5-6-14-8-12/h3-4,7,14H,5-6,8H2,1-2H3. The molecule has 1 unspecified atom stereocenters. The summed E-state index contributed by atoms with van der Waals surface area (Å²) in [4.78, 5) is 0. The summed E-state index contributed by atoms with van der Waals surface area (Å²) in [5, 5.41) is 4.10. The van der Waals surface area contributed by atoms with Crippen molar-refractivity contribution in [3.63, 3.8) is 0 Å². The molecule has 2 rings (SSSR count). The zero-order valence-electron chi connectivity index (χ0n) is 9.14. The minimum Gasteiger partial charge on any atom is -0.486 e. The largest absolute Gasteiger partial charge is 0.486 e. The molecule has 1 saturated heterocycles. The summed E-state index contributed by atoms with van der Waals surface area (Å²) >= 11 is 5.96. The van der Waals surface area contributed by atoms with Crippen molar-refractivity contribution in [3.8, 4) is 5.75 Å². The average Bonchev–Trinajstić information content (AvgIpc) is 2.59. The lowest BCUT2D eigenvalue weighted by Crippen LogP contribution is -2.34. The zero-order chi connectivity index (χ0) is 10.9. The molecule has 1 aromatic rings. The molecule has 1 heterocycles. The molecule has 0 spiro atoms. The van der Waals surface area contributed by atoms with Crippen molar-refractivity contribution in [2.75, 3.05) is 13.1 Å². The van der Waals surface area contributed by atoms with E-state index in [9.17, 15) is 0 Å². The lowest BCUT2D eigenvalue weighted by atomic mass is 10.1. The third kappa shape index (κ3) is 2.44. The maximum atomic E-state index is 5.98. The van der Waals surface area contributed by atoms with Crippen LogP contribution >= 0.6 is 11.6 Å². The van der Waals surface area contributed by atoms with Gasteiger partial charge in [-0.15, -0.1) is 0 Å². The topological polar surface area (TPSA) is 21.3 Å². The van der Waals surface area contributed by atoms with Crippen LogP contribution in [-0.4, -0.2) is 18.7 Å². The van der Waals surface area contributed by atoms with Gasteiger partial charge in [0.05, 0.1) is 0 Å². The number of ether oxygens (including phenoxy) is 1. The molecular formula is C12H16ClNO. The average molecular weight is 226 g/mol. The molecule has 1 aliphatic heterocycles. The summed E-state index contributed by atoms with van der Waals surface area (Å²) in [5.41, 5.74) is 0.990. The third-order valence-electron chi connectivity index (χ3n) is 2.82. The predicted octanol–water partition coefficient (Wildman–Crippen LogP) is 2.78. The number of aryl methyl sites for hydroxylation is 1. The lowest BCUT2D eigenvalue weighted by Gasteiger charge is -2.25.